The standard InChI is InChI=1S/C7H14N2O/c8-5-3-1-2-4-6-9-7-10/h1-6,8H2. The van der Waals surface area contributed by atoms with Crippen molar-refractivity contribution in [1.29, 1.82) is 0 Å². The first kappa shape index (κ1) is 9.34. The van der Waals surface area contributed by atoms with E-state index in [0.29, 0.717) is 6.54 Å². The first-order valence-electron chi connectivity index (χ1n) is 3.65. The van der Waals surface area contributed by atoms with Crippen LogP contribution < -0.4 is 5.73 Å². The van der Waals surface area contributed by atoms with Crippen molar-refractivity contribution in [2.24, 2.45) is 10.7 Å². The maximum absolute atomic E-state index is 9.58. The third kappa shape index (κ3) is 7.34. The number of nitrogens with two attached hydrogens (primary N) is 1. The van der Waals surface area contributed by atoms with Gasteiger partial charge in [0.15, 0.2) is 0 Å². The summed E-state index contributed by atoms with van der Waals surface area (Å²) in [6.45, 7) is 1.38. The zero-order valence-electron chi connectivity index (χ0n) is 6.18. The van der Waals surface area contributed by atoms with E-state index in [0.717, 1.165) is 32.2 Å². The second kappa shape index (κ2) is 8.34. The zero-order valence-corrected chi connectivity index (χ0v) is 6.18. The number of nitrogens with zero attached hydrogens (tertiary/aromatic N) is 1. The van der Waals surface area contributed by atoms with Gasteiger partial charge in [0.05, 0.1) is 6.54 Å². The van der Waals surface area contributed by atoms with Crippen molar-refractivity contribution in [1.82, 2.24) is 0 Å². The predicted octanol–water partition coefficient (Wildman–Crippen LogP) is 0.841. The maximum Gasteiger partial charge on any atom is 0.234 e. The zero-order chi connectivity index (χ0) is 7.66. The van der Waals surface area contributed by atoms with Crippen LogP contribution in [0.3, 0.4) is 0 Å². The first-order chi connectivity index (χ1) is 4.91. The monoisotopic (exact) mass is 142 g/mol. The molecule has 0 amide bonds. The van der Waals surface area contributed by atoms with Crippen molar-refractivity contribution < 1.29 is 4.79 Å². The largest absolute Gasteiger partial charge is 0.330 e. The molecule has 0 unspecified atom stereocenters. The van der Waals surface area contributed by atoms with E-state index in [-0.39, 0.29) is 0 Å². The molecule has 0 fully saturated rings. The van der Waals surface area contributed by atoms with E-state index in [1.54, 1.807) is 0 Å². The molecule has 0 spiro atoms. The molecule has 3 nitrogen and oxygen atoms in total. The molecule has 3 heteroatoms. The molecule has 0 heterocycles. The molecule has 0 aliphatic rings. The van der Waals surface area contributed by atoms with E-state index in [2.05, 4.69) is 4.99 Å². The highest BCUT2D eigenvalue weighted by Gasteiger charge is 1.85. The van der Waals surface area contributed by atoms with Crippen molar-refractivity contribution in [3.8, 4) is 0 Å². The smallest absolute Gasteiger partial charge is 0.234 e. The quantitative estimate of drug-likeness (QED) is 0.339. The number of hydrogen-bond acceptors (Lipinski definition) is 3. The van der Waals surface area contributed by atoms with Gasteiger partial charge in [0.1, 0.15) is 0 Å². The van der Waals surface area contributed by atoms with Gasteiger partial charge in [-0.2, -0.15) is 0 Å². The molecule has 0 radical (unpaired) electrons. The minimum Gasteiger partial charge on any atom is -0.330 e. The Morgan fingerprint density at radius 2 is 1.90 bits per heavy atom. The van der Waals surface area contributed by atoms with Crippen molar-refractivity contribution in [3.63, 3.8) is 0 Å². The number of unbranched alkanes of at least 4 members (excludes halogenated alkanes) is 3. The number of aliphatic imine (C=N–C) groups is 1. The van der Waals surface area contributed by atoms with Gasteiger partial charge in [0.2, 0.25) is 6.08 Å². The lowest BCUT2D eigenvalue weighted by Gasteiger charge is -1.93. The third-order valence-corrected chi connectivity index (χ3v) is 1.29. The Bertz CT molecular complexity index is 108. The normalized spacial score (nSPS) is 8.90. The van der Waals surface area contributed by atoms with Crippen LogP contribution in [0.25, 0.3) is 0 Å². The van der Waals surface area contributed by atoms with Crippen molar-refractivity contribution in [2.45, 2.75) is 25.7 Å². The lowest BCUT2D eigenvalue weighted by molar-refractivity contribution is 0.561. The Kier molecular flexibility index (Phi) is 7.79. The van der Waals surface area contributed by atoms with Crippen LogP contribution in [0.4, 0.5) is 0 Å². The molecule has 0 aromatic heterocycles. The van der Waals surface area contributed by atoms with Crippen LogP contribution in [0.2, 0.25) is 0 Å². The molecule has 0 bridgehead atoms. The van der Waals surface area contributed by atoms with Crippen molar-refractivity contribution in [2.75, 3.05) is 13.1 Å². The van der Waals surface area contributed by atoms with Crippen molar-refractivity contribution >= 4 is 6.08 Å². The van der Waals surface area contributed by atoms with Crippen LogP contribution in [0.1, 0.15) is 25.7 Å². The molecule has 0 saturated carbocycles. The highest BCUT2D eigenvalue weighted by Crippen LogP contribution is 1.97. The van der Waals surface area contributed by atoms with E-state index >= 15 is 0 Å². The molecule has 0 aromatic carbocycles. The summed E-state index contributed by atoms with van der Waals surface area (Å²) in [7, 11) is 0. The summed E-state index contributed by atoms with van der Waals surface area (Å²) in [4.78, 5) is 13.0. The Balaban J connectivity index is 2.83. The van der Waals surface area contributed by atoms with Crippen LogP contribution in [-0.4, -0.2) is 19.2 Å². The highest BCUT2D eigenvalue weighted by molar-refractivity contribution is 5.32. The number of rotatable bonds is 6. The lowest BCUT2D eigenvalue weighted by Crippen LogP contribution is -1.97. The second-order valence-electron chi connectivity index (χ2n) is 2.18. The summed E-state index contributed by atoms with van der Waals surface area (Å²) in [5, 5.41) is 0. The topological polar surface area (TPSA) is 55.4 Å². The minimum absolute atomic E-state index is 0.619. The molecule has 0 aliphatic carbocycles. The predicted molar refractivity (Wildman–Crippen MR) is 40.5 cm³/mol. The van der Waals surface area contributed by atoms with Gasteiger partial charge in [-0.25, -0.2) is 9.79 Å². The summed E-state index contributed by atoms with van der Waals surface area (Å²) < 4.78 is 0. The summed E-state index contributed by atoms with van der Waals surface area (Å²) in [5.41, 5.74) is 5.28. The first-order valence-corrected chi connectivity index (χ1v) is 3.65. The molecule has 0 aliphatic heterocycles. The van der Waals surface area contributed by atoms with Crippen molar-refractivity contribution in [3.05, 3.63) is 0 Å². The Morgan fingerprint density at radius 3 is 2.50 bits per heavy atom. The van der Waals surface area contributed by atoms with E-state index in [1.807, 2.05) is 0 Å². The molecule has 10 heavy (non-hydrogen) atoms. The number of hydrogen-bond donors (Lipinski definition) is 1. The molecule has 2 N–H and O–H groups in total. The van der Waals surface area contributed by atoms with Gasteiger partial charge in [-0.05, 0) is 19.4 Å². The average Bonchev–Trinajstić information content (AvgIpc) is 1.97. The maximum atomic E-state index is 9.58. The second-order valence-corrected chi connectivity index (χ2v) is 2.18. The van der Waals surface area contributed by atoms with E-state index in [1.165, 1.54) is 6.08 Å². The van der Waals surface area contributed by atoms with Gasteiger partial charge in [0, 0.05) is 0 Å². The summed E-state index contributed by atoms with van der Waals surface area (Å²) in [6.07, 6.45) is 5.82. The summed E-state index contributed by atoms with van der Waals surface area (Å²) in [5.74, 6) is 0. The number of carbonyl (C=O) groups excluding carboxylic acids is 1. The molecule has 0 atom stereocenters. The third-order valence-electron chi connectivity index (χ3n) is 1.29. The van der Waals surface area contributed by atoms with Crippen LogP contribution in [0.15, 0.2) is 4.99 Å². The van der Waals surface area contributed by atoms with Gasteiger partial charge >= 0.3 is 0 Å². The van der Waals surface area contributed by atoms with Gasteiger partial charge < -0.3 is 5.73 Å². The molecular weight excluding hydrogens is 128 g/mol. The minimum atomic E-state index is 0.619. The molecule has 58 valence electrons. The highest BCUT2D eigenvalue weighted by atomic mass is 16.1. The summed E-state index contributed by atoms with van der Waals surface area (Å²) in [6, 6.07) is 0. The fourth-order valence-corrected chi connectivity index (χ4v) is 0.734. The van der Waals surface area contributed by atoms with Gasteiger partial charge in [-0.15, -0.1) is 0 Å². The Labute approximate surface area is 61.3 Å². The molecule has 0 saturated heterocycles. The number of isocyanates is 1. The Hall–Kier alpha value is -0.660. The summed E-state index contributed by atoms with van der Waals surface area (Å²) >= 11 is 0. The Morgan fingerprint density at radius 1 is 1.20 bits per heavy atom. The van der Waals surface area contributed by atoms with Gasteiger partial charge in [-0.1, -0.05) is 12.8 Å². The van der Waals surface area contributed by atoms with E-state index in [4.69, 9.17) is 5.73 Å². The lowest BCUT2D eigenvalue weighted by atomic mass is 10.2. The van der Waals surface area contributed by atoms with Crippen LogP contribution >= 0.6 is 0 Å². The average molecular weight is 142 g/mol. The van der Waals surface area contributed by atoms with E-state index in [9.17, 15) is 4.79 Å². The van der Waals surface area contributed by atoms with E-state index < -0.39 is 0 Å². The fourth-order valence-electron chi connectivity index (χ4n) is 0.734. The van der Waals surface area contributed by atoms with Gasteiger partial charge in [-0.3, -0.25) is 0 Å². The SMILES string of the molecule is NCCCCCCN=C=O. The molecule has 0 aromatic rings. The molecule has 0 rings (SSSR count). The van der Waals surface area contributed by atoms with Crippen LogP contribution in [-0.2, 0) is 4.79 Å². The fraction of sp³-hybridized carbons (Fsp3) is 0.857. The van der Waals surface area contributed by atoms with Crippen LogP contribution in [0, 0.1) is 0 Å². The molecular formula is C7H14N2O. The van der Waals surface area contributed by atoms with Gasteiger partial charge in [0.25, 0.3) is 0 Å². The van der Waals surface area contributed by atoms with Crippen LogP contribution in [0.5, 0.6) is 0 Å².